The standard InChI is InChI=1S/C14H21NO3S/c1-11(8-15)9-19(16,17)10-12-6-7-18-14-5-3-2-4-13(12)14/h2-5,11-12H,6-10,15H2,1H3. The summed E-state index contributed by atoms with van der Waals surface area (Å²) in [6.45, 7) is 2.86. The van der Waals surface area contributed by atoms with Crippen LogP contribution in [0.3, 0.4) is 0 Å². The molecule has 0 aliphatic carbocycles. The van der Waals surface area contributed by atoms with E-state index in [0.29, 0.717) is 13.2 Å². The van der Waals surface area contributed by atoms with E-state index in [1.165, 1.54) is 0 Å². The second kappa shape index (κ2) is 5.92. The molecule has 5 heteroatoms. The maximum Gasteiger partial charge on any atom is 0.151 e. The highest BCUT2D eigenvalue weighted by Gasteiger charge is 2.27. The van der Waals surface area contributed by atoms with Gasteiger partial charge in [0.15, 0.2) is 9.84 Å². The summed E-state index contributed by atoms with van der Waals surface area (Å²) < 4.78 is 29.9. The topological polar surface area (TPSA) is 69.4 Å². The molecular weight excluding hydrogens is 262 g/mol. The fourth-order valence-electron chi connectivity index (χ4n) is 2.47. The summed E-state index contributed by atoms with van der Waals surface area (Å²) in [5.41, 5.74) is 6.52. The van der Waals surface area contributed by atoms with Crippen molar-refractivity contribution in [3.8, 4) is 5.75 Å². The van der Waals surface area contributed by atoms with Crippen LogP contribution in [0.2, 0.25) is 0 Å². The van der Waals surface area contributed by atoms with E-state index >= 15 is 0 Å². The normalized spacial score (nSPS) is 20.4. The van der Waals surface area contributed by atoms with Crippen LogP contribution in [-0.2, 0) is 9.84 Å². The Balaban J connectivity index is 2.12. The molecule has 1 aliphatic heterocycles. The van der Waals surface area contributed by atoms with E-state index in [4.69, 9.17) is 10.5 Å². The van der Waals surface area contributed by atoms with Gasteiger partial charge >= 0.3 is 0 Å². The van der Waals surface area contributed by atoms with Crippen LogP contribution in [0.5, 0.6) is 5.75 Å². The predicted octanol–water partition coefficient (Wildman–Crippen LogP) is 1.56. The Kier molecular flexibility index (Phi) is 4.47. The van der Waals surface area contributed by atoms with Crippen LogP contribution < -0.4 is 10.5 Å². The Hall–Kier alpha value is -1.07. The van der Waals surface area contributed by atoms with Gasteiger partial charge in [-0.05, 0) is 30.5 Å². The van der Waals surface area contributed by atoms with Crippen LogP contribution in [0, 0.1) is 5.92 Å². The summed E-state index contributed by atoms with van der Waals surface area (Å²) in [5.74, 6) is 1.24. The van der Waals surface area contributed by atoms with Gasteiger partial charge in [-0.2, -0.15) is 0 Å². The lowest BCUT2D eigenvalue weighted by Gasteiger charge is -2.26. The van der Waals surface area contributed by atoms with Crippen molar-refractivity contribution in [2.75, 3.05) is 24.7 Å². The van der Waals surface area contributed by atoms with Crippen molar-refractivity contribution in [3.63, 3.8) is 0 Å². The third-order valence-corrected chi connectivity index (χ3v) is 5.47. The zero-order chi connectivity index (χ0) is 13.9. The van der Waals surface area contributed by atoms with Gasteiger partial charge in [0.1, 0.15) is 5.75 Å². The molecule has 19 heavy (non-hydrogen) atoms. The number of para-hydroxylation sites is 1. The SMILES string of the molecule is CC(CN)CS(=O)(=O)CC1CCOc2ccccc21. The van der Waals surface area contributed by atoms with Crippen molar-refractivity contribution in [1.82, 2.24) is 0 Å². The van der Waals surface area contributed by atoms with Gasteiger partial charge in [-0.25, -0.2) is 8.42 Å². The molecule has 4 nitrogen and oxygen atoms in total. The van der Waals surface area contributed by atoms with Crippen LogP contribution in [0.25, 0.3) is 0 Å². The average molecular weight is 283 g/mol. The van der Waals surface area contributed by atoms with Gasteiger partial charge in [0, 0.05) is 5.92 Å². The van der Waals surface area contributed by atoms with Gasteiger partial charge in [0.2, 0.25) is 0 Å². The first-order valence-electron chi connectivity index (χ1n) is 6.64. The third kappa shape index (κ3) is 3.70. The van der Waals surface area contributed by atoms with Gasteiger partial charge in [-0.3, -0.25) is 0 Å². The molecule has 0 radical (unpaired) electrons. The number of ether oxygens (including phenoxy) is 1. The maximum atomic E-state index is 12.2. The Morgan fingerprint density at radius 3 is 2.89 bits per heavy atom. The number of sulfone groups is 1. The molecule has 2 unspecified atom stereocenters. The summed E-state index contributed by atoms with van der Waals surface area (Å²) in [4.78, 5) is 0. The molecule has 0 aromatic heterocycles. The van der Waals surface area contributed by atoms with Crippen LogP contribution in [0.1, 0.15) is 24.8 Å². The Morgan fingerprint density at radius 1 is 1.42 bits per heavy atom. The zero-order valence-electron chi connectivity index (χ0n) is 11.2. The minimum atomic E-state index is -3.07. The van der Waals surface area contributed by atoms with E-state index < -0.39 is 9.84 Å². The highest BCUT2D eigenvalue weighted by Crippen LogP contribution is 2.34. The molecule has 0 saturated heterocycles. The second-order valence-electron chi connectivity index (χ2n) is 5.29. The highest BCUT2D eigenvalue weighted by molar-refractivity contribution is 7.91. The van der Waals surface area contributed by atoms with Crippen molar-refractivity contribution in [2.45, 2.75) is 19.3 Å². The predicted molar refractivity (Wildman–Crippen MR) is 76.2 cm³/mol. The summed E-state index contributed by atoms with van der Waals surface area (Å²) in [6, 6.07) is 7.69. The fraction of sp³-hybridized carbons (Fsp3) is 0.571. The average Bonchev–Trinajstić information content (AvgIpc) is 2.38. The first kappa shape index (κ1) is 14.3. The fourth-order valence-corrected chi connectivity index (χ4v) is 4.56. The molecule has 1 aliphatic rings. The van der Waals surface area contributed by atoms with Gasteiger partial charge in [-0.1, -0.05) is 25.1 Å². The Labute approximate surface area is 114 Å². The molecule has 1 aromatic rings. The van der Waals surface area contributed by atoms with Gasteiger partial charge in [-0.15, -0.1) is 0 Å². The number of nitrogens with two attached hydrogens (primary N) is 1. The Morgan fingerprint density at radius 2 is 2.16 bits per heavy atom. The van der Waals surface area contributed by atoms with Gasteiger partial charge in [0.25, 0.3) is 0 Å². The first-order chi connectivity index (χ1) is 9.02. The molecular formula is C14H21NO3S. The van der Waals surface area contributed by atoms with E-state index in [2.05, 4.69) is 0 Å². The number of fused-ring (bicyclic) bond motifs is 1. The smallest absolute Gasteiger partial charge is 0.151 e. The molecule has 0 amide bonds. The molecule has 0 spiro atoms. The lowest BCUT2D eigenvalue weighted by atomic mass is 9.95. The van der Waals surface area contributed by atoms with E-state index in [1.807, 2.05) is 31.2 Å². The van der Waals surface area contributed by atoms with E-state index in [-0.39, 0.29) is 23.3 Å². The molecule has 1 aromatic carbocycles. The van der Waals surface area contributed by atoms with Crippen molar-refractivity contribution in [3.05, 3.63) is 29.8 Å². The molecule has 0 saturated carbocycles. The molecule has 0 fully saturated rings. The Bertz CT molecular complexity index is 527. The van der Waals surface area contributed by atoms with Crippen molar-refractivity contribution in [1.29, 1.82) is 0 Å². The molecule has 1 heterocycles. The molecule has 2 atom stereocenters. The van der Waals surface area contributed by atoms with Crippen molar-refractivity contribution < 1.29 is 13.2 Å². The van der Waals surface area contributed by atoms with E-state index in [1.54, 1.807) is 0 Å². The highest BCUT2D eigenvalue weighted by atomic mass is 32.2. The number of hydrogen-bond donors (Lipinski definition) is 1. The monoisotopic (exact) mass is 283 g/mol. The second-order valence-corrected chi connectivity index (χ2v) is 7.44. The van der Waals surface area contributed by atoms with Gasteiger partial charge < -0.3 is 10.5 Å². The third-order valence-electron chi connectivity index (χ3n) is 3.48. The van der Waals surface area contributed by atoms with Crippen LogP contribution in [-0.4, -0.2) is 33.1 Å². The largest absolute Gasteiger partial charge is 0.493 e. The van der Waals surface area contributed by atoms with Crippen LogP contribution in [0.15, 0.2) is 24.3 Å². The summed E-state index contributed by atoms with van der Waals surface area (Å²) in [5, 5.41) is 0. The van der Waals surface area contributed by atoms with E-state index in [9.17, 15) is 8.42 Å². The summed E-state index contributed by atoms with van der Waals surface area (Å²) in [7, 11) is -3.07. The van der Waals surface area contributed by atoms with Crippen molar-refractivity contribution >= 4 is 9.84 Å². The molecule has 106 valence electrons. The lowest BCUT2D eigenvalue weighted by Crippen LogP contribution is -2.27. The van der Waals surface area contributed by atoms with Crippen LogP contribution >= 0.6 is 0 Å². The lowest BCUT2D eigenvalue weighted by molar-refractivity contribution is 0.272. The number of hydrogen-bond acceptors (Lipinski definition) is 4. The quantitative estimate of drug-likeness (QED) is 0.890. The summed E-state index contributed by atoms with van der Waals surface area (Å²) in [6.07, 6.45) is 0.757. The minimum absolute atomic E-state index is 0.0140. The number of benzene rings is 1. The minimum Gasteiger partial charge on any atom is -0.493 e. The number of rotatable bonds is 5. The summed E-state index contributed by atoms with van der Waals surface area (Å²) >= 11 is 0. The molecule has 2 rings (SSSR count). The van der Waals surface area contributed by atoms with Crippen LogP contribution in [0.4, 0.5) is 0 Å². The van der Waals surface area contributed by atoms with E-state index in [0.717, 1.165) is 17.7 Å². The van der Waals surface area contributed by atoms with Gasteiger partial charge in [0.05, 0.1) is 18.1 Å². The van der Waals surface area contributed by atoms with Crippen molar-refractivity contribution in [2.24, 2.45) is 11.7 Å². The maximum absolute atomic E-state index is 12.2. The molecule has 2 N–H and O–H groups in total. The first-order valence-corrected chi connectivity index (χ1v) is 8.46. The molecule has 0 bridgehead atoms. The zero-order valence-corrected chi connectivity index (χ0v) is 12.0.